The number of likely N-dealkylation sites (tertiary alicyclic amines) is 2. The molecule has 134 valence electrons. The van der Waals surface area contributed by atoms with Gasteiger partial charge in [0.2, 0.25) is 0 Å². The van der Waals surface area contributed by atoms with Gasteiger partial charge in [0.15, 0.2) is 0 Å². The molecule has 2 fully saturated rings. The molecule has 24 heavy (non-hydrogen) atoms. The molecule has 0 radical (unpaired) electrons. The summed E-state index contributed by atoms with van der Waals surface area (Å²) in [7, 11) is 2.23. The topological polar surface area (TPSA) is 26.7 Å². The van der Waals surface area contributed by atoms with Gasteiger partial charge in [-0.05, 0) is 55.9 Å². The van der Waals surface area contributed by atoms with Crippen molar-refractivity contribution in [2.24, 2.45) is 5.41 Å². The Balaban J connectivity index is 1.67. The van der Waals surface area contributed by atoms with E-state index < -0.39 is 0 Å². The highest BCUT2D eigenvalue weighted by Crippen LogP contribution is 2.41. The lowest BCUT2D eigenvalue weighted by Gasteiger charge is -2.53. The fraction of sp³-hybridized carbons (Fsp3) is 0.714. The summed E-state index contributed by atoms with van der Waals surface area (Å²) in [6.07, 6.45) is 3.53. The van der Waals surface area contributed by atoms with Crippen LogP contribution in [0.2, 0.25) is 0 Å². The third-order valence-electron chi connectivity index (χ3n) is 6.32. The second-order valence-corrected chi connectivity index (χ2v) is 9.05. The average molecular weight is 331 g/mol. The highest BCUT2D eigenvalue weighted by molar-refractivity contribution is 5.27. The summed E-state index contributed by atoms with van der Waals surface area (Å²) in [4.78, 5) is 5.06. The number of piperidine rings is 2. The summed E-state index contributed by atoms with van der Waals surface area (Å²) >= 11 is 0. The van der Waals surface area contributed by atoms with E-state index >= 15 is 0 Å². The summed E-state index contributed by atoms with van der Waals surface area (Å²) < 4.78 is 0. The predicted molar refractivity (Wildman–Crippen MR) is 100 cm³/mol. The molecule has 0 spiro atoms. The molecule has 1 aromatic rings. The zero-order valence-corrected chi connectivity index (χ0v) is 15.9. The van der Waals surface area contributed by atoms with Crippen molar-refractivity contribution in [3.8, 4) is 0 Å². The van der Waals surface area contributed by atoms with Crippen molar-refractivity contribution in [1.82, 2.24) is 9.80 Å². The van der Waals surface area contributed by atoms with Gasteiger partial charge in [0.05, 0.1) is 6.61 Å². The van der Waals surface area contributed by atoms with Crippen LogP contribution in [0.5, 0.6) is 0 Å². The van der Waals surface area contributed by atoms with Crippen LogP contribution < -0.4 is 0 Å². The lowest BCUT2D eigenvalue weighted by atomic mass is 9.69. The standard InChI is InChI=1S/C21H34N2O/c1-20(2,3)18-8-6-17(7-9-18)14-23-13-11-21(16-24)10-5-12-22(4)19(21)15-23/h6-9,19,24H,5,10-16H2,1-4H3/t19-,21-/m1/s1. The van der Waals surface area contributed by atoms with Crippen molar-refractivity contribution in [3.63, 3.8) is 0 Å². The molecule has 1 N–H and O–H groups in total. The van der Waals surface area contributed by atoms with Crippen molar-refractivity contribution in [1.29, 1.82) is 0 Å². The number of fused-ring (bicyclic) bond motifs is 1. The van der Waals surface area contributed by atoms with E-state index in [-0.39, 0.29) is 10.8 Å². The van der Waals surface area contributed by atoms with Crippen LogP contribution in [-0.2, 0) is 12.0 Å². The van der Waals surface area contributed by atoms with Gasteiger partial charge in [-0.3, -0.25) is 4.90 Å². The molecule has 3 nitrogen and oxygen atoms in total. The number of hydrogen-bond donors (Lipinski definition) is 1. The zero-order valence-electron chi connectivity index (χ0n) is 15.9. The third-order valence-corrected chi connectivity index (χ3v) is 6.32. The fourth-order valence-electron chi connectivity index (χ4n) is 4.59. The minimum atomic E-state index is 0.138. The molecular formula is C21H34N2O. The Morgan fingerprint density at radius 2 is 1.83 bits per heavy atom. The molecule has 3 heteroatoms. The van der Waals surface area contributed by atoms with E-state index in [0.717, 1.165) is 26.1 Å². The Kier molecular flexibility index (Phi) is 5.06. The van der Waals surface area contributed by atoms with E-state index in [1.807, 2.05) is 0 Å². The van der Waals surface area contributed by atoms with E-state index in [0.29, 0.717) is 12.6 Å². The SMILES string of the molecule is CN1CCC[C@]2(CO)CCN(Cc3ccc(C(C)(C)C)cc3)C[C@@H]12. The minimum Gasteiger partial charge on any atom is -0.396 e. The van der Waals surface area contributed by atoms with Crippen LogP contribution in [0.1, 0.15) is 51.2 Å². The van der Waals surface area contributed by atoms with Crippen molar-refractivity contribution in [3.05, 3.63) is 35.4 Å². The van der Waals surface area contributed by atoms with Gasteiger partial charge in [-0.2, -0.15) is 0 Å². The van der Waals surface area contributed by atoms with Crippen LogP contribution in [0.3, 0.4) is 0 Å². The summed E-state index contributed by atoms with van der Waals surface area (Å²) in [6.45, 7) is 11.5. The smallest absolute Gasteiger partial charge is 0.0503 e. The Labute approximate surface area is 147 Å². The maximum atomic E-state index is 10.0. The second kappa shape index (κ2) is 6.78. The lowest BCUT2D eigenvalue weighted by molar-refractivity contribution is -0.0684. The minimum absolute atomic E-state index is 0.138. The predicted octanol–water partition coefficient (Wildman–Crippen LogP) is 3.26. The first-order valence-corrected chi connectivity index (χ1v) is 9.47. The van der Waals surface area contributed by atoms with Gasteiger partial charge in [0.25, 0.3) is 0 Å². The van der Waals surface area contributed by atoms with Gasteiger partial charge in [0, 0.05) is 24.5 Å². The average Bonchev–Trinajstić information content (AvgIpc) is 2.55. The Hall–Kier alpha value is -0.900. The molecule has 2 heterocycles. The summed E-state index contributed by atoms with van der Waals surface area (Å²) in [5.74, 6) is 0. The molecule has 0 amide bonds. The Morgan fingerprint density at radius 3 is 2.46 bits per heavy atom. The van der Waals surface area contributed by atoms with E-state index in [1.165, 1.54) is 30.5 Å². The van der Waals surface area contributed by atoms with Crippen molar-refractivity contribution in [2.75, 3.05) is 33.3 Å². The van der Waals surface area contributed by atoms with Gasteiger partial charge >= 0.3 is 0 Å². The fourth-order valence-corrected chi connectivity index (χ4v) is 4.59. The van der Waals surface area contributed by atoms with E-state index in [4.69, 9.17) is 0 Å². The normalized spacial score (nSPS) is 29.5. The van der Waals surface area contributed by atoms with Gasteiger partial charge in [-0.1, -0.05) is 45.0 Å². The van der Waals surface area contributed by atoms with Crippen LogP contribution in [-0.4, -0.2) is 54.2 Å². The number of hydrogen-bond acceptors (Lipinski definition) is 3. The Morgan fingerprint density at radius 1 is 1.12 bits per heavy atom. The molecule has 2 aliphatic heterocycles. The first-order valence-electron chi connectivity index (χ1n) is 9.47. The first-order chi connectivity index (χ1) is 11.3. The first kappa shape index (κ1) is 17.9. The number of aliphatic hydroxyl groups is 1. The quantitative estimate of drug-likeness (QED) is 0.921. The van der Waals surface area contributed by atoms with Crippen LogP contribution in [0.25, 0.3) is 0 Å². The second-order valence-electron chi connectivity index (χ2n) is 9.05. The number of benzene rings is 1. The molecule has 1 aromatic carbocycles. The summed E-state index contributed by atoms with van der Waals surface area (Å²) in [5, 5.41) is 10.0. The molecule has 0 unspecified atom stereocenters. The van der Waals surface area contributed by atoms with Gasteiger partial charge in [-0.25, -0.2) is 0 Å². The van der Waals surface area contributed by atoms with Crippen molar-refractivity contribution in [2.45, 2.75) is 58.0 Å². The molecule has 0 aromatic heterocycles. The maximum Gasteiger partial charge on any atom is 0.0503 e. The van der Waals surface area contributed by atoms with Gasteiger partial charge in [0.1, 0.15) is 0 Å². The maximum absolute atomic E-state index is 10.0. The zero-order chi connectivity index (χ0) is 17.4. The highest BCUT2D eigenvalue weighted by Gasteiger charge is 2.46. The highest BCUT2D eigenvalue weighted by atomic mass is 16.3. The molecule has 0 aliphatic carbocycles. The lowest BCUT2D eigenvalue weighted by Crippen LogP contribution is -2.61. The molecular weight excluding hydrogens is 296 g/mol. The van der Waals surface area contributed by atoms with Crippen LogP contribution in [0, 0.1) is 5.41 Å². The molecule has 0 bridgehead atoms. The van der Waals surface area contributed by atoms with Crippen LogP contribution >= 0.6 is 0 Å². The van der Waals surface area contributed by atoms with Gasteiger partial charge in [-0.15, -0.1) is 0 Å². The van der Waals surface area contributed by atoms with Crippen molar-refractivity contribution >= 4 is 0 Å². The number of likely N-dealkylation sites (N-methyl/N-ethyl adjacent to an activating group) is 1. The van der Waals surface area contributed by atoms with E-state index in [2.05, 4.69) is 61.9 Å². The number of rotatable bonds is 3. The largest absolute Gasteiger partial charge is 0.396 e. The van der Waals surface area contributed by atoms with Crippen LogP contribution in [0.4, 0.5) is 0 Å². The molecule has 2 atom stereocenters. The molecule has 0 saturated carbocycles. The molecule has 2 saturated heterocycles. The summed E-state index contributed by atoms with van der Waals surface area (Å²) in [6, 6.07) is 9.64. The summed E-state index contributed by atoms with van der Waals surface area (Å²) in [5.41, 5.74) is 3.16. The number of aliphatic hydroxyl groups excluding tert-OH is 1. The third kappa shape index (κ3) is 3.54. The van der Waals surface area contributed by atoms with E-state index in [1.54, 1.807) is 0 Å². The van der Waals surface area contributed by atoms with Gasteiger partial charge < -0.3 is 10.0 Å². The monoisotopic (exact) mass is 330 g/mol. The molecule has 2 aliphatic rings. The Bertz CT molecular complexity index is 548. The van der Waals surface area contributed by atoms with E-state index in [9.17, 15) is 5.11 Å². The van der Waals surface area contributed by atoms with Crippen molar-refractivity contribution < 1.29 is 5.11 Å². The van der Waals surface area contributed by atoms with Crippen LogP contribution in [0.15, 0.2) is 24.3 Å². The number of nitrogens with zero attached hydrogens (tertiary/aromatic N) is 2. The molecule has 3 rings (SSSR count).